The van der Waals surface area contributed by atoms with Crippen LogP contribution in [0.3, 0.4) is 0 Å². The second-order valence-corrected chi connectivity index (χ2v) is 4.43. The van der Waals surface area contributed by atoms with Gasteiger partial charge in [0.05, 0.1) is 6.04 Å². The molecule has 15 heavy (non-hydrogen) atoms. The van der Waals surface area contributed by atoms with Crippen molar-refractivity contribution in [1.82, 2.24) is 4.90 Å². The smallest absolute Gasteiger partial charge is 0.0508 e. The highest BCUT2D eigenvalue weighted by molar-refractivity contribution is 5.19. The van der Waals surface area contributed by atoms with Crippen molar-refractivity contribution >= 4 is 0 Å². The van der Waals surface area contributed by atoms with E-state index in [0.29, 0.717) is 6.04 Å². The molecule has 0 spiro atoms. The van der Waals surface area contributed by atoms with Crippen molar-refractivity contribution in [2.75, 3.05) is 6.54 Å². The molecule has 80 valence electrons. The molecule has 0 amide bonds. The number of allylic oxidation sites excluding steroid dienone is 1. The van der Waals surface area contributed by atoms with Gasteiger partial charge in [0.15, 0.2) is 0 Å². The van der Waals surface area contributed by atoms with Crippen LogP contribution >= 0.6 is 0 Å². The van der Waals surface area contributed by atoms with Gasteiger partial charge in [0.25, 0.3) is 0 Å². The van der Waals surface area contributed by atoms with Crippen LogP contribution in [0.4, 0.5) is 0 Å². The predicted octanol–water partition coefficient (Wildman–Crippen LogP) is 3.60. The van der Waals surface area contributed by atoms with Gasteiger partial charge in [0.1, 0.15) is 0 Å². The van der Waals surface area contributed by atoms with E-state index in [1.807, 2.05) is 0 Å². The average Bonchev–Trinajstić information content (AvgIpc) is 2.30. The average molecular weight is 201 g/mol. The van der Waals surface area contributed by atoms with Gasteiger partial charge in [-0.15, -0.1) is 0 Å². The summed E-state index contributed by atoms with van der Waals surface area (Å²) in [6.07, 6.45) is 5.84. The summed E-state index contributed by atoms with van der Waals surface area (Å²) in [7, 11) is 0. The van der Waals surface area contributed by atoms with Gasteiger partial charge < -0.3 is 4.90 Å². The van der Waals surface area contributed by atoms with Gasteiger partial charge in [-0.25, -0.2) is 0 Å². The lowest BCUT2D eigenvalue weighted by molar-refractivity contribution is 0.266. The summed E-state index contributed by atoms with van der Waals surface area (Å²) < 4.78 is 0. The van der Waals surface area contributed by atoms with Gasteiger partial charge in [-0.3, -0.25) is 0 Å². The van der Waals surface area contributed by atoms with Gasteiger partial charge in [-0.1, -0.05) is 43.3 Å². The standard InChI is InChI=1S/C14H19N/c1-12-8-10-15(11-9-12)13(2)14-6-4-3-5-7-14/h3-8,10,12-13H,9,11H2,1-2H3. The Labute approximate surface area is 92.4 Å². The van der Waals surface area contributed by atoms with Crippen molar-refractivity contribution in [2.24, 2.45) is 5.92 Å². The highest BCUT2D eigenvalue weighted by Gasteiger charge is 2.15. The van der Waals surface area contributed by atoms with Gasteiger partial charge in [-0.2, -0.15) is 0 Å². The van der Waals surface area contributed by atoms with E-state index in [1.54, 1.807) is 0 Å². The molecule has 1 heterocycles. The lowest BCUT2D eigenvalue weighted by Crippen LogP contribution is -2.26. The molecule has 1 aromatic rings. The van der Waals surface area contributed by atoms with Crippen LogP contribution in [0.1, 0.15) is 31.9 Å². The lowest BCUT2D eigenvalue weighted by Gasteiger charge is -2.32. The molecule has 0 saturated carbocycles. The quantitative estimate of drug-likeness (QED) is 0.706. The molecule has 2 rings (SSSR count). The molecular formula is C14H19N. The summed E-state index contributed by atoms with van der Waals surface area (Å²) in [6.45, 7) is 5.73. The number of nitrogens with zero attached hydrogens (tertiary/aromatic N) is 1. The topological polar surface area (TPSA) is 3.24 Å². The van der Waals surface area contributed by atoms with E-state index in [4.69, 9.17) is 0 Å². The third-order valence-electron chi connectivity index (χ3n) is 3.23. The zero-order chi connectivity index (χ0) is 10.7. The van der Waals surface area contributed by atoms with Crippen molar-refractivity contribution in [3.63, 3.8) is 0 Å². The Bertz CT molecular complexity index is 328. The SMILES string of the molecule is CC1C=CN(C(C)c2ccccc2)CC1. The summed E-state index contributed by atoms with van der Waals surface area (Å²) in [4.78, 5) is 2.43. The molecule has 0 aliphatic carbocycles. The van der Waals surface area contributed by atoms with E-state index in [0.717, 1.165) is 5.92 Å². The van der Waals surface area contributed by atoms with E-state index in [9.17, 15) is 0 Å². The van der Waals surface area contributed by atoms with Crippen molar-refractivity contribution in [3.8, 4) is 0 Å². The lowest BCUT2D eigenvalue weighted by atomic mass is 10.0. The molecule has 0 saturated heterocycles. The highest BCUT2D eigenvalue weighted by Crippen LogP contribution is 2.24. The molecule has 0 fully saturated rings. The minimum atomic E-state index is 0.495. The molecule has 1 aromatic carbocycles. The van der Waals surface area contributed by atoms with Crippen LogP contribution < -0.4 is 0 Å². The third kappa shape index (κ3) is 2.41. The summed E-state index contributed by atoms with van der Waals surface area (Å²) in [6, 6.07) is 11.2. The first-order valence-electron chi connectivity index (χ1n) is 5.76. The fraction of sp³-hybridized carbons (Fsp3) is 0.429. The fourth-order valence-corrected chi connectivity index (χ4v) is 2.03. The Morgan fingerprint density at radius 3 is 2.60 bits per heavy atom. The zero-order valence-electron chi connectivity index (χ0n) is 9.56. The molecule has 1 aliphatic rings. The minimum absolute atomic E-state index is 0.495. The van der Waals surface area contributed by atoms with Gasteiger partial charge in [-0.05, 0) is 31.0 Å². The van der Waals surface area contributed by atoms with Gasteiger partial charge in [0.2, 0.25) is 0 Å². The van der Waals surface area contributed by atoms with Crippen LogP contribution in [0, 0.1) is 5.92 Å². The molecule has 0 N–H and O–H groups in total. The van der Waals surface area contributed by atoms with Crippen molar-refractivity contribution in [3.05, 3.63) is 48.2 Å². The number of benzene rings is 1. The molecule has 0 radical (unpaired) electrons. The van der Waals surface area contributed by atoms with Crippen molar-refractivity contribution in [1.29, 1.82) is 0 Å². The predicted molar refractivity (Wildman–Crippen MR) is 64.5 cm³/mol. The molecule has 1 aliphatic heterocycles. The first kappa shape index (κ1) is 10.3. The second kappa shape index (κ2) is 4.52. The second-order valence-electron chi connectivity index (χ2n) is 4.43. The zero-order valence-corrected chi connectivity index (χ0v) is 9.56. The van der Waals surface area contributed by atoms with Crippen LogP contribution in [-0.4, -0.2) is 11.4 Å². The Hall–Kier alpha value is -1.24. The van der Waals surface area contributed by atoms with Crippen LogP contribution in [0.2, 0.25) is 0 Å². The van der Waals surface area contributed by atoms with E-state index in [2.05, 4.69) is 61.4 Å². The van der Waals surface area contributed by atoms with Crippen LogP contribution in [0.5, 0.6) is 0 Å². The maximum Gasteiger partial charge on any atom is 0.0508 e. The molecule has 2 unspecified atom stereocenters. The summed E-state index contributed by atoms with van der Waals surface area (Å²) >= 11 is 0. The molecule has 1 heteroatoms. The highest BCUT2D eigenvalue weighted by atomic mass is 15.1. The Balaban J connectivity index is 2.09. The van der Waals surface area contributed by atoms with Crippen molar-refractivity contribution in [2.45, 2.75) is 26.3 Å². The van der Waals surface area contributed by atoms with E-state index >= 15 is 0 Å². The van der Waals surface area contributed by atoms with Gasteiger partial charge >= 0.3 is 0 Å². The molecule has 1 nitrogen and oxygen atoms in total. The molecule has 0 aromatic heterocycles. The Morgan fingerprint density at radius 2 is 2.00 bits per heavy atom. The first-order valence-corrected chi connectivity index (χ1v) is 5.76. The minimum Gasteiger partial charge on any atom is -0.371 e. The number of rotatable bonds is 2. The molecular weight excluding hydrogens is 182 g/mol. The van der Waals surface area contributed by atoms with Crippen molar-refractivity contribution < 1.29 is 0 Å². The van der Waals surface area contributed by atoms with E-state index < -0.39 is 0 Å². The van der Waals surface area contributed by atoms with Crippen LogP contribution in [0.25, 0.3) is 0 Å². The first-order chi connectivity index (χ1) is 7.27. The molecule has 0 bridgehead atoms. The Kier molecular flexibility index (Phi) is 3.10. The summed E-state index contributed by atoms with van der Waals surface area (Å²) in [5.41, 5.74) is 1.40. The van der Waals surface area contributed by atoms with E-state index in [1.165, 1.54) is 18.5 Å². The maximum atomic E-state index is 2.43. The van der Waals surface area contributed by atoms with Gasteiger partial charge in [0, 0.05) is 6.54 Å². The van der Waals surface area contributed by atoms with Crippen LogP contribution in [0.15, 0.2) is 42.6 Å². The fourth-order valence-electron chi connectivity index (χ4n) is 2.03. The maximum absolute atomic E-state index is 2.43. The normalized spacial score (nSPS) is 22.8. The number of hydrogen-bond acceptors (Lipinski definition) is 1. The summed E-state index contributed by atoms with van der Waals surface area (Å²) in [5.74, 6) is 0.740. The largest absolute Gasteiger partial charge is 0.371 e. The third-order valence-corrected chi connectivity index (χ3v) is 3.23. The van der Waals surface area contributed by atoms with Crippen LogP contribution in [-0.2, 0) is 0 Å². The Morgan fingerprint density at radius 1 is 1.27 bits per heavy atom. The number of hydrogen-bond donors (Lipinski definition) is 0. The monoisotopic (exact) mass is 201 g/mol. The molecule has 2 atom stereocenters. The van der Waals surface area contributed by atoms with E-state index in [-0.39, 0.29) is 0 Å². The summed E-state index contributed by atoms with van der Waals surface area (Å²) in [5, 5.41) is 0.